The largest absolute Gasteiger partial charge is 0.478 e. The average molecular weight is 375 g/mol. The molecule has 1 N–H and O–H groups in total. The topological polar surface area (TPSA) is 84.7 Å². The molecule has 0 bridgehead atoms. The molecule has 2 heterocycles. The van der Waals surface area contributed by atoms with Crippen molar-refractivity contribution in [3.63, 3.8) is 0 Å². The third-order valence-electron chi connectivity index (χ3n) is 4.15. The van der Waals surface area contributed by atoms with Gasteiger partial charge in [0, 0.05) is 23.5 Å². The highest BCUT2D eigenvalue weighted by Gasteiger charge is 2.19. The van der Waals surface area contributed by atoms with Crippen LogP contribution in [0.25, 0.3) is 17.0 Å². The summed E-state index contributed by atoms with van der Waals surface area (Å²) in [6, 6.07) is 13.3. The van der Waals surface area contributed by atoms with Gasteiger partial charge in [0.25, 0.3) is 0 Å². The van der Waals surface area contributed by atoms with Gasteiger partial charge in [-0.3, -0.25) is 4.99 Å². The summed E-state index contributed by atoms with van der Waals surface area (Å²) in [6.45, 7) is 0.246. The lowest BCUT2D eigenvalue weighted by Gasteiger charge is -2.11. The molecule has 7 heteroatoms. The highest BCUT2D eigenvalue weighted by molar-refractivity contribution is 6.20. The molecule has 0 amide bonds. The first-order valence-electron chi connectivity index (χ1n) is 8.45. The van der Waals surface area contributed by atoms with Gasteiger partial charge in [-0.2, -0.15) is 4.39 Å². The van der Waals surface area contributed by atoms with E-state index in [0.717, 1.165) is 5.56 Å². The summed E-state index contributed by atoms with van der Waals surface area (Å²) >= 11 is 0. The van der Waals surface area contributed by atoms with E-state index in [1.165, 1.54) is 12.1 Å². The van der Waals surface area contributed by atoms with Gasteiger partial charge in [0.15, 0.2) is 5.82 Å². The standard InChI is InChI=1S/C21H14FN3O3/c22-19-16(7-10-23-19)13-5-6-18(17(12-13)21(26)27)28-15-4-1-3-14(11-15)20-24-8-2-9-25-20/h1-9,11-12H,10H2,(H,26,27). The zero-order valence-electron chi connectivity index (χ0n) is 14.5. The molecule has 1 aliphatic rings. The Kier molecular flexibility index (Phi) is 4.63. The summed E-state index contributed by atoms with van der Waals surface area (Å²) < 4.78 is 19.5. The minimum atomic E-state index is -1.17. The van der Waals surface area contributed by atoms with Gasteiger partial charge in [0.05, 0.1) is 6.54 Å². The third-order valence-corrected chi connectivity index (χ3v) is 4.15. The van der Waals surface area contributed by atoms with E-state index in [4.69, 9.17) is 4.74 Å². The number of halogens is 1. The van der Waals surface area contributed by atoms with Crippen LogP contribution in [0.15, 0.2) is 72.0 Å². The van der Waals surface area contributed by atoms with Crippen LogP contribution in [0.3, 0.4) is 0 Å². The van der Waals surface area contributed by atoms with Crippen LogP contribution < -0.4 is 4.74 Å². The fourth-order valence-electron chi connectivity index (χ4n) is 2.85. The summed E-state index contributed by atoms with van der Waals surface area (Å²) in [5.74, 6) is -0.646. The minimum Gasteiger partial charge on any atom is -0.478 e. The molecule has 0 fully saturated rings. The zero-order chi connectivity index (χ0) is 19.5. The number of allylic oxidation sites excluding steroid dienone is 1. The average Bonchev–Trinajstić information content (AvgIpc) is 3.15. The van der Waals surface area contributed by atoms with Crippen LogP contribution in [0.2, 0.25) is 0 Å². The van der Waals surface area contributed by atoms with E-state index < -0.39 is 11.9 Å². The number of carbonyl (C=O) groups is 1. The van der Waals surface area contributed by atoms with Crippen molar-refractivity contribution in [1.82, 2.24) is 9.97 Å². The van der Waals surface area contributed by atoms with Crippen molar-refractivity contribution in [2.45, 2.75) is 0 Å². The zero-order valence-corrected chi connectivity index (χ0v) is 14.5. The number of carboxylic acids is 1. The number of benzene rings is 2. The Morgan fingerprint density at radius 3 is 2.57 bits per heavy atom. The Bertz CT molecular complexity index is 1110. The number of nitrogens with zero attached hydrogens (tertiary/aromatic N) is 3. The van der Waals surface area contributed by atoms with Crippen molar-refractivity contribution in [1.29, 1.82) is 0 Å². The van der Waals surface area contributed by atoms with Crippen molar-refractivity contribution in [2.75, 3.05) is 6.54 Å². The minimum absolute atomic E-state index is 0.0699. The van der Waals surface area contributed by atoms with Crippen LogP contribution in [-0.4, -0.2) is 33.6 Å². The predicted molar refractivity (Wildman–Crippen MR) is 102 cm³/mol. The first-order valence-corrected chi connectivity index (χ1v) is 8.45. The Morgan fingerprint density at radius 2 is 1.86 bits per heavy atom. The van der Waals surface area contributed by atoms with Crippen LogP contribution >= 0.6 is 0 Å². The molecular weight excluding hydrogens is 361 g/mol. The number of aliphatic imine (C=N–C) groups is 1. The van der Waals surface area contributed by atoms with Gasteiger partial charge < -0.3 is 9.84 Å². The van der Waals surface area contributed by atoms with Crippen molar-refractivity contribution >= 4 is 17.5 Å². The molecule has 0 radical (unpaired) electrons. The van der Waals surface area contributed by atoms with E-state index in [9.17, 15) is 14.3 Å². The number of carboxylic acid groups (broad SMARTS) is 1. The molecule has 3 aromatic rings. The first-order chi connectivity index (χ1) is 13.6. The second-order valence-corrected chi connectivity index (χ2v) is 5.97. The van der Waals surface area contributed by atoms with Crippen molar-refractivity contribution in [3.8, 4) is 22.9 Å². The fourth-order valence-corrected chi connectivity index (χ4v) is 2.85. The first kappa shape index (κ1) is 17.5. The molecule has 0 saturated heterocycles. The second-order valence-electron chi connectivity index (χ2n) is 5.97. The van der Waals surface area contributed by atoms with Crippen molar-refractivity contribution in [3.05, 3.63) is 78.1 Å². The Hall–Kier alpha value is -3.87. The number of hydrogen-bond donors (Lipinski definition) is 1. The molecule has 0 unspecified atom stereocenters. The van der Waals surface area contributed by atoms with Gasteiger partial charge in [0.1, 0.15) is 17.1 Å². The smallest absolute Gasteiger partial charge is 0.339 e. The normalized spacial score (nSPS) is 13.0. The summed E-state index contributed by atoms with van der Waals surface area (Å²) in [4.78, 5) is 23.8. The molecule has 28 heavy (non-hydrogen) atoms. The molecule has 138 valence electrons. The Morgan fingerprint density at radius 1 is 1.04 bits per heavy atom. The van der Waals surface area contributed by atoms with Crippen LogP contribution in [0, 0.1) is 0 Å². The lowest BCUT2D eigenvalue weighted by Crippen LogP contribution is -2.02. The van der Waals surface area contributed by atoms with Crippen LogP contribution in [0.1, 0.15) is 15.9 Å². The quantitative estimate of drug-likeness (QED) is 0.714. The molecule has 2 aromatic carbocycles. The maximum Gasteiger partial charge on any atom is 0.339 e. The molecule has 1 aromatic heterocycles. The third kappa shape index (κ3) is 3.50. The molecule has 0 spiro atoms. The van der Waals surface area contributed by atoms with Crippen LogP contribution in [0.4, 0.5) is 4.39 Å². The highest BCUT2D eigenvalue weighted by Crippen LogP contribution is 2.31. The maximum absolute atomic E-state index is 13.8. The van der Waals surface area contributed by atoms with Gasteiger partial charge in [-0.25, -0.2) is 14.8 Å². The summed E-state index contributed by atoms with van der Waals surface area (Å²) in [7, 11) is 0. The van der Waals surface area contributed by atoms with Gasteiger partial charge >= 0.3 is 5.97 Å². The van der Waals surface area contributed by atoms with Gasteiger partial charge in [0.2, 0.25) is 5.97 Å². The molecule has 0 atom stereocenters. The highest BCUT2D eigenvalue weighted by atomic mass is 19.1. The van der Waals surface area contributed by atoms with E-state index in [-0.39, 0.29) is 23.4 Å². The van der Waals surface area contributed by atoms with E-state index in [0.29, 0.717) is 17.1 Å². The lowest BCUT2D eigenvalue weighted by atomic mass is 10.0. The number of rotatable bonds is 5. The maximum atomic E-state index is 13.8. The van der Waals surface area contributed by atoms with Gasteiger partial charge in [-0.15, -0.1) is 0 Å². The SMILES string of the molecule is O=C(O)c1cc(C2=CCN=C2F)ccc1Oc1cccc(-c2ncccn2)c1. The fraction of sp³-hybridized carbons (Fsp3) is 0.0476. The number of aromatic carboxylic acids is 1. The number of aromatic nitrogens is 2. The Labute approximate surface area is 159 Å². The van der Waals surface area contributed by atoms with Gasteiger partial charge in [-0.05, 0) is 35.9 Å². The van der Waals surface area contributed by atoms with Gasteiger partial charge in [-0.1, -0.05) is 24.3 Å². The Balaban J connectivity index is 1.67. The predicted octanol–water partition coefficient (Wildman–Crippen LogP) is 4.40. The summed E-state index contributed by atoms with van der Waals surface area (Å²) in [6.07, 6.45) is 4.88. The van der Waals surface area contributed by atoms with E-state index in [1.807, 2.05) is 6.07 Å². The molecule has 1 aliphatic heterocycles. The number of hydrogen-bond acceptors (Lipinski definition) is 5. The molecule has 0 aliphatic carbocycles. The monoisotopic (exact) mass is 375 g/mol. The van der Waals surface area contributed by atoms with Crippen LogP contribution in [-0.2, 0) is 0 Å². The van der Waals surface area contributed by atoms with E-state index in [2.05, 4.69) is 15.0 Å². The second kappa shape index (κ2) is 7.40. The molecule has 4 rings (SSSR count). The van der Waals surface area contributed by atoms with E-state index >= 15 is 0 Å². The number of ether oxygens (including phenoxy) is 1. The lowest BCUT2D eigenvalue weighted by molar-refractivity contribution is 0.0694. The summed E-state index contributed by atoms with van der Waals surface area (Å²) in [5, 5.41) is 9.57. The van der Waals surface area contributed by atoms with Crippen molar-refractivity contribution < 1.29 is 19.0 Å². The molecule has 6 nitrogen and oxygen atoms in total. The summed E-state index contributed by atoms with van der Waals surface area (Å²) in [5.41, 5.74) is 1.40. The van der Waals surface area contributed by atoms with E-state index in [1.54, 1.807) is 48.8 Å². The van der Waals surface area contributed by atoms with Crippen molar-refractivity contribution in [2.24, 2.45) is 4.99 Å². The van der Waals surface area contributed by atoms with Crippen LogP contribution in [0.5, 0.6) is 11.5 Å². The molecule has 0 saturated carbocycles. The molecular formula is C21H14FN3O3.